The summed E-state index contributed by atoms with van der Waals surface area (Å²) in [5, 5.41) is 8.24. The third kappa shape index (κ3) is 6.71. The first-order chi connectivity index (χ1) is 17.4. The Balaban J connectivity index is 1.55. The third-order valence-electron chi connectivity index (χ3n) is 5.73. The van der Waals surface area contributed by atoms with Gasteiger partial charge in [0, 0.05) is 11.3 Å². The van der Waals surface area contributed by atoms with Gasteiger partial charge in [0.2, 0.25) is 5.91 Å². The second-order valence-electron chi connectivity index (χ2n) is 10.0. The van der Waals surface area contributed by atoms with E-state index in [0.29, 0.717) is 41.0 Å². The summed E-state index contributed by atoms with van der Waals surface area (Å²) < 4.78 is 18.7. The molecular formula is C28H29FN4O4. The van der Waals surface area contributed by atoms with Gasteiger partial charge in [0.05, 0.1) is 16.9 Å². The van der Waals surface area contributed by atoms with E-state index in [4.69, 9.17) is 10.5 Å². The molecule has 3 aromatic rings. The van der Waals surface area contributed by atoms with E-state index in [9.17, 15) is 18.8 Å². The Morgan fingerprint density at radius 3 is 2.05 bits per heavy atom. The summed E-state index contributed by atoms with van der Waals surface area (Å²) in [6.45, 7) is 5.24. The van der Waals surface area contributed by atoms with Gasteiger partial charge in [-0.3, -0.25) is 14.9 Å². The van der Waals surface area contributed by atoms with Gasteiger partial charge in [-0.1, -0.05) is 18.2 Å². The molecule has 1 aliphatic rings. The zero-order valence-corrected chi connectivity index (χ0v) is 20.9. The molecule has 37 heavy (non-hydrogen) atoms. The number of hydrogen-bond donors (Lipinski definition) is 4. The Hall–Kier alpha value is -4.24. The minimum absolute atomic E-state index is 0.250. The molecule has 8 nitrogen and oxygen atoms in total. The summed E-state index contributed by atoms with van der Waals surface area (Å²) in [5.41, 5.74) is 7.36. The monoisotopic (exact) mass is 504 g/mol. The summed E-state index contributed by atoms with van der Waals surface area (Å²) in [5.74, 6) is -1.04. The number of halogens is 1. The SMILES string of the molecule is CC(C)(C)OC(=O)Nc1ccc(-c2ccc(F)cc2)cc1NC(=O)c1ccc(NC(=O)C2(N)CC2)cc1. The number of hydrogen-bond acceptors (Lipinski definition) is 5. The van der Waals surface area contributed by atoms with Crippen LogP contribution in [0, 0.1) is 5.82 Å². The lowest BCUT2D eigenvalue weighted by molar-refractivity contribution is -0.118. The van der Waals surface area contributed by atoms with Crippen LogP contribution in [0.3, 0.4) is 0 Å². The number of benzene rings is 3. The maximum absolute atomic E-state index is 13.4. The number of carbonyl (C=O) groups excluding carboxylic acids is 3. The molecule has 1 fully saturated rings. The van der Waals surface area contributed by atoms with Gasteiger partial charge in [-0.2, -0.15) is 0 Å². The Morgan fingerprint density at radius 2 is 1.46 bits per heavy atom. The van der Waals surface area contributed by atoms with Crippen LogP contribution in [-0.4, -0.2) is 29.0 Å². The van der Waals surface area contributed by atoms with Crippen molar-refractivity contribution in [2.75, 3.05) is 16.0 Å². The molecule has 3 amide bonds. The Bertz CT molecular complexity index is 1330. The molecule has 0 bridgehead atoms. The van der Waals surface area contributed by atoms with E-state index in [1.54, 1.807) is 75.4 Å². The molecule has 0 heterocycles. The largest absolute Gasteiger partial charge is 0.444 e. The second kappa shape index (κ2) is 10.0. The van der Waals surface area contributed by atoms with Gasteiger partial charge in [0.15, 0.2) is 0 Å². The van der Waals surface area contributed by atoms with E-state index in [1.165, 1.54) is 12.1 Å². The van der Waals surface area contributed by atoms with E-state index in [2.05, 4.69) is 16.0 Å². The van der Waals surface area contributed by atoms with Gasteiger partial charge in [-0.05, 0) is 93.3 Å². The van der Waals surface area contributed by atoms with Gasteiger partial charge >= 0.3 is 6.09 Å². The van der Waals surface area contributed by atoms with Crippen molar-refractivity contribution in [3.05, 3.63) is 78.1 Å². The van der Waals surface area contributed by atoms with Crippen molar-refractivity contribution in [2.45, 2.75) is 44.8 Å². The molecule has 0 unspecified atom stereocenters. The van der Waals surface area contributed by atoms with Crippen LogP contribution in [0.25, 0.3) is 11.1 Å². The summed E-state index contributed by atoms with van der Waals surface area (Å²) in [6.07, 6.45) is 0.623. The predicted molar refractivity (Wildman–Crippen MR) is 141 cm³/mol. The summed E-state index contributed by atoms with van der Waals surface area (Å²) in [6, 6.07) is 17.4. The molecule has 0 atom stereocenters. The molecule has 1 saturated carbocycles. The molecule has 0 saturated heterocycles. The Kier molecular flexibility index (Phi) is 7.00. The summed E-state index contributed by atoms with van der Waals surface area (Å²) >= 11 is 0. The molecule has 9 heteroatoms. The van der Waals surface area contributed by atoms with Crippen LogP contribution in [-0.2, 0) is 9.53 Å². The fourth-order valence-electron chi connectivity index (χ4n) is 3.51. The first-order valence-electron chi connectivity index (χ1n) is 11.8. The number of ether oxygens (including phenoxy) is 1. The first kappa shape index (κ1) is 25.8. The van der Waals surface area contributed by atoms with Gasteiger partial charge in [-0.15, -0.1) is 0 Å². The summed E-state index contributed by atoms with van der Waals surface area (Å²) in [7, 11) is 0. The summed E-state index contributed by atoms with van der Waals surface area (Å²) in [4.78, 5) is 37.6. The van der Waals surface area contributed by atoms with Crippen molar-refractivity contribution in [1.82, 2.24) is 0 Å². The van der Waals surface area contributed by atoms with Crippen LogP contribution in [0.5, 0.6) is 0 Å². The number of nitrogens with two attached hydrogens (primary N) is 1. The van der Waals surface area contributed by atoms with Crippen molar-refractivity contribution >= 4 is 35.0 Å². The lowest BCUT2D eigenvalue weighted by Crippen LogP contribution is -2.37. The highest BCUT2D eigenvalue weighted by atomic mass is 19.1. The molecule has 4 rings (SSSR count). The first-order valence-corrected chi connectivity index (χ1v) is 11.8. The maximum Gasteiger partial charge on any atom is 0.412 e. The Labute approximate surface area is 214 Å². The van der Waals surface area contributed by atoms with Gasteiger partial charge in [-0.25, -0.2) is 9.18 Å². The van der Waals surface area contributed by atoms with Crippen LogP contribution in [0.1, 0.15) is 44.0 Å². The smallest absolute Gasteiger partial charge is 0.412 e. The highest BCUT2D eigenvalue weighted by Crippen LogP contribution is 2.33. The van der Waals surface area contributed by atoms with Crippen LogP contribution in [0.15, 0.2) is 66.7 Å². The number of amides is 3. The fourth-order valence-corrected chi connectivity index (χ4v) is 3.51. The number of carbonyl (C=O) groups is 3. The molecule has 0 radical (unpaired) electrons. The van der Waals surface area contributed by atoms with E-state index < -0.39 is 23.1 Å². The highest BCUT2D eigenvalue weighted by molar-refractivity contribution is 6.08. The van der Waals surface area contributed by atoms with Gasteiger partial charge in [0.1, 0.15) is 11.4 Å². The molecule has 3 aromatic carbocycles. The molecule has 5 N–H and O–H groups in total. The lowest BCUT2D eigenvalue weighted by Gasteiger charge is -2.21. The van der Waals surface area contributed by atoms with E-state index in [-0.39, 0.29) is 11.7 Å². The molecule has 192 valence electrons. The number of rotatable bonds is 6. The third-order valence-corrected chi connectivity index (χ3v) is 5.73. The van der Waals surface area contributed by atoms with Gasteiger partial charge < -0.3 is 21.1 Å². The van der Waals surface area contributed by atoms with E-state index in [0.717, 1.165) is 5.56 Å². The minimum Gasteiger partial charge on any atom is -0.444 e. The standard InChI is InChI=1S/C28H29FN4O4/c1-27(2,3)37-26(36)33-22-13-8-19(17-4-9-20(29)10-5-17)16-23(22)32-24(34)18-6-11-21(12-7-18)31-25(35)28(30)14-15-28/h4-13,16H,14-15,30H2,1-3H3,(H,31,35)(H,32,34)(H,33,36). The lowest BCUT2D eigenvalue weighted by atomic mass is 10.0. The topological polar surface area (TPSA) is 123 Å². The van der Waals surface area contributed by atoms with E-state index >= 15 is 0 Å². The molecule has 0 aromatic heterocycles. The quantitative estimate of drug-likeness (QED) is 0.352. The zero-order chi connectivity index (χ0) is 26.8. The molecular weight excluding hydrogens is 475 g/mol. The van der Waals surface area contributed by atoms with Crippen molar-refractivity contribution in [2.24, 2.45) is 5.73 Å². The molecule has 1 aliphatic carbocycles. The zero-order valence-electron chi connectivity index (χ0n) is 20.9. The molecule has 0 aliphatic heterocycles. The van der Waals surface area contributed by atoms with Crippen molar-refractivity contribution in [3.63, 3.8) is 0 Å². The van der Waals surface area contributed by atoms with Crippen LogP contribution >= 0.6 is 0 Å². The number of anilines is 3. The Morgan fingerprint density at radius 1 is 0.838 bits per heavy atom. The minimum atomic E-state index is -0.802. The average molecular weight is 505 g/mol. The fraction of sp³-hybridized carbons (Fsp3) is 0.250. The average Bonchev–Trinajstić information content (AvgIpc) is 3.58. The highest BCUT2D eigenvalue weighted by Gasteiger charge is 2.45. The van der Waals surface area contributed by atoms with Gasteiger partial charge in [0.25, 0.3) is 5.91 Å². The van der Waals surface area contributed by atoms with Crippen molar-refractivity contribution < 1.29 is 23.5 Å². The predicted octanol–water partition coefficient (Wildman–Crippen LogP) is 5.52. The second-order valence-corrected chi connectivity index (χ2v) is 10.0. The van der Waals surface area contributed by atoms with E-state index in [1.807, 2.05) is 0 Å². The van der Waals surface area contributed by atoms with Crippen LogP contribution in [0.4, 0.5) is 26.2 Å². The molecule has 0 spiro atoms. The normalized spacial score (nSPS) is 13.9. The van der Waals surface area contributed by atoms with Crippen LogP contribution in [0.2, 0.25) is 0 Å². The van der Waals surface area contributed by atoms with Crippen molar-refractivity contribution in [3.8, 4) is 11.1 Å². The number of nitrogens with one attached hydrogen (secondary N) is 3. The van der Waals surface area contributed by atoms with Crippen molar-refractivity contribution in [1.29, 1.82) is 0 Å². The maximum atomic E-state index is 13.4. The van der Waals surface area contributed by atoms with Crippen LogP contribution < -0.4 is 21.7 Å².